The van der Waals surface area contributed by atoms with E-state index in [-0.39, 0.29) is 46.2 Å². The predicted octanol–water partition coefficient (Wildman–Crippen LogP) is -0.0358. The number of nitrogens with two attached hydrogens (primary N) is 1. The summed E-state index contributed by atoms with van der Waals surface area (Å²) in [6.45, 7) is 0.364. The number of pyridine rings is 1. The fraction of sp³-hybridized carbons (Fsp3) is 0.391. The van der Waals surface area contributed by atoms with Gasteiger partial charge in [-0.25, -0.2) is 4.98 Å². The van der Waals surface area contributed by atoms with E-state index in [0.717, 1.165) is 37.0 Å². The summed E-state index contributed by atoms with van der Waals surface area (Å²) in [4.78, 5) is 48.2. The Morgan fingerprint density at radius 2 is 2.16 bits per heavy atom. The van der Waals surface area contributed by atoms with Gasteiger partial charge in [0.1, 0.15) is 24.2 Å². The highest BCUT2D eigenvalue weighted by molar-refractivity contribution is 14.0. The molecule has 3 aliphatic rings. The average molecular weight is 657 g/mol. The number of nitrogens with one attached hydrogen (secondary N) is 1. The lowest BCUT2D eigenvalue weighted by atomic mass is 9.95. The normalized spacial score (nSPS) is 20.8. The highest BCUT2D eigenvalue weighted by Crippen LogP contribution is 2.40. The van der Waals surface area contributed by atoms with Crippen molar-refractivity contribution in [3.8, 4) is 0 Å². The third-order valence-electron chi connectivity index (χ3n) is 6.44. The summed E-state index contributed by atoms with van der Waals surface area (Å²) in [6, 6.07) is 3.16. The van der Waals surface area contributed by atoms with Gasteiger partial charge in [-0.05, 0) is 25.3 Å². The number of nitrogen functional groups attached to an aromatic ring is 1. The number of halogens is 1. The Labute approximate surface area is 238 Å². The largest absolute Gasteiger partial charge is 0.543 e. The number of carboxylic acid groups (broad SMARTS) is 1. The first kappa shape index (κ1) is 27.3. The van der Waals surface area contributed by atoms with E-state index in [1.54, 1.807) is 5.38 Å². The van der Waals surface area contributed by atoms with Crippen molar-refractivity contribution >= 4 is 75.7 Å². The number of aryl methyl sites for hydroxylation is 1. The van der Waals surface area contributed by atoms with E-state index in [9.17, 15) is 19.5 Å². The summed E-state index contributed by atoms with van der Waals surface area (Å²) >= 11 is 2.54. The fourth-order valence-corrected chi connectivity index (χ4v) is 6.71. The molecule has 0 spiro atoms. The summed E-state index contributed by atoms with van der Waals surface area (Å²) in [6.07, 6.45) is 6.13. The molecule has 11 nitrogen and oxygen atoms in total. The van der Waals surface area contributed by atoms with Gasteiger partial charge in [-0.15, -0.1) is 47.1 Å². The maximum Gasteiger partial charge on any atom is 0.276 e. The van der Waals surface area contributed by atoms with Crippen molar-refractivity contribution in [2.75, 3.05) is 18.6 Å². The smallest absolute Gasteiger partial charge is 0.276 e. The molecular weight excluding hydrogens is 631 g/mol. The number of thioether (sulfide) groups is 1. The van der Waals surface area contributed by atoms with Gasteiger partial charge in [0.25, 0.3) is 11.8 Å². The van der Waals surface area contributed by atoms with Crippen LogP contribution < -0.4 is 20.7 Å². The molecule has 5 rings (SSSR count). The first-order valence-corrected chi connectivity index (χ1v) is 13.3. The number of carbonyl (C=O) groups excluding carboxylic acids is 3. The van der Waals surface area contributed by atoms with Crippen LogP contribution in [0.2, 0.25) is 0 Å². The number of hydrogen-bond donors (Lipinski definition) is 2. The quantitative estimate of drug-likeness (QED) is 0.139. The Bertz CT molecular complexity index is 1310. The number of hydrogen-bond acceptors (Lipinski definition) is 10. The number of aliphatic carboxylic acids is 1. The minimum absolute atomic E-state index is 0. The Hall–Kier alpha value is -2.72. The lowest BCUT2D eigenvalue weighted by molar-refractivity contribution is -0.697. The molecule has 0 saturated carbocycles. The number of carboxylic acids is 1. The second kappa shape index (κ2) is 11.3. The van der Waals surface area contributed by atoms with Crippen LogP contribution in [-0.4, -0.2) is 57.7 Å². The zero-order chi connectivity index (χ0) is 25.4. The molecule has 4 heterocycles. The summed E-state index contributed by atoms with van der Waals surface area (Å²) in [7, 11) is 1.29. The van der Waals surface area contributed by atoms with Gasteiger partial charge in [0.05, 0.1) is 11.7 Å². The molecule has 37 heavy (non-hydrogen) atoms. The van der Waals surface area contributed by atoms with Crippen LogP contribution in [-0.2, 0) is 38.6 Å². The number of nitrogens with zero attached hydrogens (tertiary/aromatic N) is 4. The number of rotatable bonds is 7. The molecule has 14 heteroatoms. The number of carbonyl (C=O) groups is 3. The molecule has 0 radical (unpaired) electrons. The Balaban J connectivity index is 0.00000320. The Kier molecular flexibility index (Phi) is 8.38. The van der Waals surface area contributed by atoms with E-state index in [1.807, 2.05) is 12.3 Å². The second-order valence-electron chi connectivity index (χ2n) is 8.61. The summed E-state index contributed by atoms with van der Waals surface area (Å²) < 4.78 is 2.07. The first-order valence-electron chi connectivity index (χ1n) is 11.4. The Morgan fingerprint density at radius 3 is 2.86 bits per heavy atom. The zero-order valence-electron chi connectivity index (χ0n) is 19.8. The molecule has 2 aliphatic heterocycles. The number of β-lactam (4-membered cyclic amide) rings is 1. The van der Waals surface area contributed by atoms with Gasteiger partial charge in [0.15, 0.2) is 29.3 Å². The first-order chi connectivity index (χ1) is 17.4. The third-order valence-corrected chi connectivity index (χ3v) is 8.45. The maximum atomic E-state index is 13.1. The molecule has 1 aliphatic carbocycles. The topological polar surface area (TPSA) is 154 Å². The van der Waals surface area contributed by atoms with Crippen LogP contribution in [0.3, 0.4) is 0 Å². The van der Waals surface area contributed by atoms with Crippen molar-refractivity contribution in [3.63, 3.8) is 0 Å². The molecule has 3 N–H and O–H groups in total. The molecular formula is C23H25IN6O5S2. The van der Waals surface area contributed by atoms with Crippen molar-refractivity contribution in [2.45, 2.75) is 43.6 Å². The fourth-order valence-electron chi connectivity index (χ4n) is 4.82. The van der Waals surface area contributed by atoms with Gasteiger partial charge in [0.2, 0.25) is 0 Å². The SMILES string of the molecule is CO/N=C(\C(=O)N[C@@H]1C(=O)N2C(C(=O)[O-])=C(C[n+]3cccc4c3CCCC4)CS[C@@H]12)c1csc(N)n1.I. The van der Waals surface area contributed by atoms with Crippen molar-refractivity contribution in [1.82, 2.24) is 15.2 Å². The molecule has 2 amide bonds. The number of amides is 2. The van der Waals surface area contributed by atoms with Gasteiger partial charge in [-0.3, -0.25) is 14.5 Å². The minimum Gasteiger partial charge on any atom is -0.543 e. The summed E-state index contributed by atoms with van der Waals surface area (Å²) in [5.41, 5.74) is 8.72. The van der Waals surface area contributed by atoms with Gasteiger partial charge in [0, 0.05) is 34.8 Å². The van der Waals surface area contributed by atoms with E-state index in [1.165, 1.54) is 35.0 Å². The van der Waals surface area contributed by atoms with Crippen molar-refractivity contribution in [3.05, 3.63) is 51.9 Å². The minimum atomic E-state index is -1.40. The highest BCUT2D eigenvalue weighted by atomic mass is 127. The van der Waals surface area contributed by atoms with E-state index >= 15 is 0 Å². The lowest BCUT2D eigenvalue weighted by Gasteiger charge is -2.50. The van der Waals surface area contributed by atoms with Crippen molar-refractivity contribution < 1.29 is 28.9 Å². The van der Waals surface area contributed by atoms with Crippen molar-refractivity contribution in [2.24, 2.45) is 5.16 Å². The van der Waals surface area contributed by atoms with E-state index in [4.69, 9.17) is 10.6 Å². The van der Waals surface area contributed by atoms with E-state index in [0.29, 0.717) is 17.9 Å². The van der Waals surface area contributed by atoms with Crippen LogP contribution in [0, 0.1) is 0 Å². The summed E-state index contributed by atoms with van der Waals surface area (Å²) in [5.74, 6) is -2.20. The molecule has 1 saturated heterocycles. The third kappa shape index (κ3) is 5.18. The molecule has 2 atom stereocenters. The van der Waals surface area contributed by atoms with E-state index in [2.05, 4.69) is 26.1 Å². The van der Waals surface area contributed by atoms with Crippen LogP contribution in [0.25, 0.3) is 0 Å². The van der Waals surface area contributed by atoms with Gasteiger partial charge >= 0.3 is 0 Å². The van der Waals surface area contributed by atoms with Gasteiger partial charge in [-0.1, -0.05) is 5.16 Å². The zero-order valence-corrected chi connectivity index (χ0v) is 23.8. The van der Waals surface area contributed by atoms with Crippen LogP contribution in [0.1, 0.15) is 29.8 Å². The highest BCUT2D eigenvalue weighted by Gasteiger charge is 2.53. The second-order valence-corrected chi connectivity index (χ2v) is 10.6. The lowest BCUT2D eigenvalue weighted by Crippen LogP contribution is -2.71. The van der Waals surface area contributed by atoms with Crippen LogP contribution in [0.5, 0.6) is 0 Å². The molecule has 0 aromatic carbocycles. The van der Waals surface area contributed by atoms with Crippen LogP contribution in [0.15, 0.2) is 40.1 Å². The predicted molar refractivity (Wildman–Crippen MR) is 146 cm³/mol. The van der Waals surface area contributed by atoms with Gasteiger partial charge in [-0.2, -0.15) is 4.57 Å². The van der Waals surface area contributed by atoms with Crippen LogP contribution >= 0.6 is 47.1 Å². The maximum absolute atomic E-state index is 13.1. The number of anilines is 1. The number of oxime groups is 1. The number of thiazole rings is 1. The average Bonchev–Trinajstić information content (AvgIpc) is 3.31. The molecule has 0 unspecified atom stereocenters. The Morgan fingerprint density at radius 1 is 1.38 bits per heavy atom. The van der Waals surface area contributed by atoms with E-state index < -0.39 is 29.2 Å². The summed E-state index contributed by atoms with van der Waals surface area (Å²) in [5, 5.41) is 19.8. The molecule has 196 valence electrons. The number of aromatic nitrogens is 2. The monoisotopic (exact) mass is 656 g/mol. The van der Waals surface area contributed by atoms with Gasteiger partial charge < -0.3 is 25.8 Å². The molecule has 2 aromatic heterocycles. The number of fused-ring (bicyclic) bond motifs is 2. The van der Waals surface area contributed by atoms with Crippen LogP contribution in [0.4, 0.5) is 5.13 Å². The molecule has 2 aromatic rings. The standard InChI is InChI=1S/C23H24N6O5S2.HI/c1-34-27-16(14-11-36-23(24)25-14)19(30)26-17-20(31)29-18(22(32)33)13(10-35-21(17)29)9-28-8-4-6-12-5-2-3-7-15(12)28;/h4,6,8,11,17,21H,2-3,5,7,9-10H2,1H3,(H3-,24,25,26,30,32,33);1H/b27-16-;/t17-,21+;/m1./s1. The molecule has 1 fully saturated rings. The van der Waals surface area contributed by atoms with Crippen molar-refractivity contribution in [1.29, 1.82) is 0 Å². The molecule has 0 bridgehead atoms.